The summed E-state index contributed by atoms with van der Waals surface area (Å²) >= 11 is 10.4. The van der Waals surface area contributed by atoms with Gasteiger partial charge in [0.05, 0.1) is 5.69 Å². The molecule has 5 heteroatoms. The molecule has 8 saturated carbocycles. The first-order valence-corrected chi connectivity index (χ1v) is 40.2. The Labute approximate surface area is 624 Å². The largest absolute Gasteiger partial charge is 0.355 e. The van der Waals surface area contributed by atoms with Crippen molar-refractivity contribution in [2.24, 2.45) is 47.3 Å². The Balaban J connectivity index is 0.000000108. The Morgan fingerprint density at radius 2 is 0.712 bits per heavy atom. The maximum atomic E-state index is 6.69. The summed E-state index contributed by atoms with van der Waals surface area (Å²) in [6.07, 6.45) is 14.3. The van der Waals surface area contributed by atoms with E-state index in [1.807, 2.05) is 46.9 Å². The lowest BCUT2D eigenvalue weighted by atomic mass is 9.43. The standard InChI is InChI=1S/C46H37NS.C24H17NS.C22H21Cl.C7H8/c1-2-9-31(10-3-1)32-17-19-35(20-18-32)47(36-21-22-38-37-11-5-7-16-43(37)48-44(38)28-36)42-15-8-14-41-45(42)39-12-4-6-13-40(39)46(41)33-24-29-23-30(26-33)27-34(46)25-29;1-2-6-17(7-3-1)18-10-12-19(13-11-18)25-20-14-15-22-21-8-4-5-9-23(21)26-24(22)16-20;23-20-7-3-6-19-21(20)17-4-1-2-5-18(17)22(19)15-9-13-8-14(11-15)12-16(22)10-13;1-7-5-3-2-4-6-7/h1-22,28-30,33-34H,23-27H2;1-16,25H;1-7,13-16H,8-12H2;2-6H,1H3. The van der Waals surface area contributed by atoms with Crippen LogP contribution in [-0.4, -0.2) is 0 Å². The van der Waals surface area contributed by atoms with Crippen LogP contribution in [0.1, 0.15) is 92.0 Å². The molecule has 2 nitrogen and oxygen atoms in total. The minimum atomic E-state index is 0.146. The SMILES string of the molecule is Cc1ccccc1.Clc1cccc2c1-c1ccccc1C21C2CC3CC(C2)CC1C3.c1ccc(-c2ccc(N(c3ccc4c(c3)sc3ccccc34)c3cccc4c3-c3ccccc3C43C4CC5CC(C4)CC3C5)cc2)cc1.c1ccc(-c2ccc(Nc3ccc4c(c3)sc3ccccc34)cc2)cc1. The summed E-state index contributed by atoms with van der Waals surface area (Å²) in [5, 5.41) is 9.83. The molecule has 2 heterocycles. The Kier molecular flexibility index (Phi) is 16.0. The molecule has 13 aromatic carbocycles. The summed E-state index contributed by atoms with van der Waals surface area (Å²) < 4.78 is 5.34. The van der Waals surface area contributed by atoms with E-state index in [9.17, 15) is 0 Å². The molecule has 1 N–H and O–H groups in total. The fourth-order valence-corrected chi connectivity index (χ4v) is 24.7. The molecule has 0 unspecified atom stereocenters. The third-order valence-corrected chi connectivity index (χ3v) is 28.4. The number of aryl methyl sites for hydroxylation is 1. The van der Waals surface area contributed by atoms with E-state index in [1.165, 1.54) is 172 Å². The zero-order valence-corrected chi connectivity index (χ0v) is 61.2. The van der Waals surface area contributed by atoms with Crippen LogP contribution in [0.3, 0.4) is 0 Å². The van der Waals surface area contributed by atoms with Crippen LogP contribution in [0.15, 0.2) is 309 Å². The van der Waals surface area contributed by atoms with Gasteiger partial charge in [-0.05, 0) is 247 Å². The zero-order valence-electron chi connectivity index (χ0n) is 58.8. The molecule has 15 aromatic rings. The summed E-state index contributed by atoms with van der Waals surface area (Å²) in [5.41, 5.74) is 24.7. The smallest absolute Gasteiger partial charge is 0.0543 e. The van der Waals surface area contributed by atoms with Gasteiger partial charge in [-0.2, -0.15) is 0 Å². The summed E-state index contributed by atoms with van der Waals surface area (Å²) in [5.74, 6) is 7.03. The minimum Gasteiger partial charge on any atom is -0.355 e. The Morgan fingerprint density at radius 3 is 1.24 bits per heavy atom. The van der Waals surface area contributed by atoms with Gasteiger partial charge in [0.1, 0.15) is 0 Å². The first-order valence-electron chi connectivity index (χ1n) is 38.1. The summed E-state index contributed by atoms with van der Waals surface area (Å²) in [7, 11) is 0. The van der Waals surface area contributed by atoms with Crippen LogP contribution >= 0.6 is 34.3 Å². The molecule has 0 radical (unpaired) electrons. The van der Waals surface area contributed by atoms with Crippen LogP contribution < -0.4 is 10.2 Å². The van der Waals surface area contributed by atoms with Gasteiger partial charge >= 0.3 is 0 Å². The highest BCUT2D eigenvalue weighted by Gasteiger charge is 2.63. The predicted octanol–water partition coefficient (Wildman–Crippen LogP) is 28.4. The lowest BCUT2D eigenvalue weighted by molar-refractivity contribution is -0.0399. The maximum Gasteiger partial charge on any atom is 0.0543 e. The third-order valence-electron chi connectivity index (χ3n) is 25.8. The van der Waals surface area contributed by atoms with E-state index in [-0.39, 0.29) is 10.8 Å². The van der Waals surface area contributed by atoms with Gasteiger partial charge in [0, 0.05) is 90.1 Å². The number of hydrogen-bond acceptors (Lipinski definition) is 4. The second-order valence-electron chi connectivity index (χ2n) is 31.4. The van der Waals surface area contributed by atoms with Crippen molar-refractivity contribution in [3.8, 4) is 44.5 Å². The van der Waals surface area contributed by atoms with Gasteiger partial charge in [-0.1, -0.05) is 254 Å². The number of nitrogens with one attached hydrogen (secondary N) is 1. The molecule has 10 aliphatic rings. The predicted molar refractivity (Wildman–Crippen MR) is 443 cm³/mol. The number of thiophene rings is 2. The fourth-order valence-electron chi connectivity index (χ4n) is 22.1. The molecule has 0 amide bonds. The molecule has 8 fully saturated rings. The lowest BCUT2D eigenvalue weighted by Crippen LogP contribution is -2.55. The second-order valence-corrected chi connectivity index (χ2v) is 33.9. The highest BCUT2D eigenvalue weighted by atomic mass is 35.5. The average Bonchev–Trinajstić information content (AvgIpc) is 1.49. The molecule has 104 heavy (non-hydrogen) atoms. The van der Waals surface area contributed by atoms with Gasteiger partial charge in [0.15, 0.2) is 0 Å². The van der Waals surface area contributed by atoms with Crippen molar-refractivity contribution in [1.82, 2.24) is 0 Å². The second kappa shape index (κ2) is 26.1. The van der Waals surface area contributed by atoms with Crippen molar-refractivity contribution in [3.05, 3.63) is 342 Å². The van der Waals surface area contributed by atoms with E-state index in [0.717, 1.165) is 63.7 Å². The van der Waals surface area contributed by atoms with E-state index in [2.05, 4.69) is 302 Å². The fraction of sp³-hybridized carbons (Fsp3) is 0.212. The van der Waals surface area contributed by atoms with Crippen LogP contribution in [-0.2, 0) is 10.8 Å². The topological polar surface area (TPSA) is 15.3 Å². The number of rotatable bonds is 7. The van der Waals surface area contributed by atoms with Gasteiger partial charge in [0.25, 0.3) is 0 Å². The highest BCUT2D eigenvalue weighted by Crippen LogP contribution is 2.72. The van der Waals surface area contributed by atoms with Gasteiger partial charge in [-0.15, -0.1) is 22.7 Å². The van der Waals surface area contributed by atoms with Crippen LogP contribution in [0, 0.1) is 54.3 Å². The summed E-state index contributed by atoms with van der Waals surface area (Å²) in [6.45, 7) is 2.08. The van der Waals surface area contributed by atoms with Crippen molar-refractivity contribution < 1.29 is 0 Å². The van der Waals surface area contributed by atoms with E-state index in [4.69, 9.17) is 11.6 Å². The van der Waals surface area contributed by atoms with Gasteiger partial charge < -0.3 is 10.2 Å². The molecule has 2 aromatic heterocycles. The van der Waals surface area contributed by atoms with Crippen LogP contribution in [0.25, 0.3) is 84.9 Å². The van der Waals surface area contributed by atoms with Crippen molar-refractivity contribution in [1.29, 1.82) is 0 Å². The Morgan fingerprint density at radius 1 is 0.317 bits per heavy atom. The first-order chi connectivity index (χ1) is 51.3. The monoisotopic (exact) mass is 1400 g/mol. The number of nitrogens with zero attached hydrogens (tertiary/aromatic N) is 1. The van der Waals surface area contributed by atoms with Crippen molar-refractivity contribution in [2.75, 3.05) is 10.2 Å². The maximum absolute atomic E-state index is 6.69. The average molecular weight is 1400 g/mol. The molecule has 0 atom stereocenters. The lowest BCUT2D eigenvalue weighted by Gasteiger charge is -2.61. The number of anilines is 5. The van der Waals surface area contributed by atoms with Gasteiger partial charge in [0.2, 0.25) is 0 Å². The molecular formula is C99H83ClN2S2. The molecule has 8 bridgehead atoms. The normalized spacial score (nSPS) is 23.4. The highest BCUT2D eigenvalue weighted by molar-refractivity contribution is 7.26. The van der Waals surface area contributed by atoms with E-state index >= 15 is 0 Å². The molecular weight excluding hydrogens is 1320 g/mol. The van der Waals surface area contributed by atoms with Crippen LogP contribution in [0.2, 0.25) is 5.02 Å². The van der Waals surface area contributed by atoms with Crippen LogP contribution in [0.4, 0.5) is 28.4 Å². The zero-order chi connectivity index (χ0) is 69.0. The number of fused-ring (bicyclic) bond motifs is 12. The minimum absolute atomic E-state index is 0.146. The molecule has 508 valence electrons. The summed E-state index contributed by atoms with van der Waals surface area (Å²) in [6, 6.07) is 113. The number of hydrogen-bond donors (Lipinski definition) is 1. The van der Waals surface area contributed by atoms with Crippen molar-refractivity contribution in [2.45, 2.75) is 82.0 Å². The van der Waals surface area contributed by atoms with E-state index < -0.39 is 0 Å². The quantitative estimate of drug-likeness (QED) is 0.171. The van der Waals surface area contributed by atoms with Crippen LogP contribution in [0.5, 0.6) is 0 Å². The first kappa shape index (κ1) is 63.8. The van der Waals surface area contributed by atoms with Crippen molar-refractivity contribution in [3.63, 3.8) is 0 Å². The third kappa shape index (κ3) is 10.7. The Bertz CT molecular complexity index is 5660. The van der Waals surface area contributed by atoms with Gasteiger partial charge in [-0.25, -0.2) is 0 Å². The number of benzene rings is 13. The summed E-state index contributed by atoms with van der Waals surface area (Å²) in [4.78, 5) is 2.56. The number of halogens is 1. The Hall–Kier alpha value is -9.81. The molecule has 25 rings (SSSR count). The molecule has 2 spiro atoms. The molecule has 10 aliphatic carbocycles. The van der Waals surface area contributed by atoms with E-state index in [1.54, 1.807) is 22.3 Å². The molecule has 0 saturated heterocycles. The molecule has 0 aliphatic heterocycles. The van der Waals surface area contributed by atoms with Crippen molar-refractivity contribution >= 4 is 103 Å². The van der Waals surface area contributed by atoms with Gasteiger partial charge in [-0.3, -0.25) is 0 Å². The van der Waals surface area contributed by atoms with E-state index in [0.29, 0.717) is 0 Å².